The van der Waals surface area contributed by atoms with E-state index in [1.165, 1.54) is 0 Å². The number of benzene rings is 1. The highest BCUT2D eigenvalue weighted by Gasteiger charge is 2.36. The van der Waals surface area contributed by atoms with Crippen LogP contribution in [0.5, 0.6) is 0 Å². The highest BCUT2D eigenvalue weighted by molar-refractivity contribution is 8.14. The van der Waals surface area contributed by atoms with E-state index in [1.54, 1.807) is 6.92 Å². The Bertz CT molecular complexity index is 745. The van der Waals surface area contributed by atoms with Crippen molar-refractivity contribution in [1.82, 2.24) is 10.6 Å². The highest BCUT2D eigenvalue weighted by atomic mass is 32.2. The molecule has 1 aromatic rings. The smallest absolute Gasteiger partial charge is 0.305 e. The lowest BCUT2D eigenvalue weighted by atomic mass is 10.2. The molecule has 0 aliphatic carbocycles. The topological polar surface area (TPSA) is 122 Å². The Hall–Kier alpha value is -1.83. The van der Waals surface area contributed by atoms with E-state index in [-0.39, 0.29) is 36.6 Å². The monoisotopic (exact) mass is 428 g/mol. The van der Waals surface area contributed by atoms with Gasteiger partial charge in [-0.3, -0.25) is 18.9 Å². The summed E-state index contributed by atoms with van der Waals surface area (Å²) in [6.45, 7) is 1.89. The SMILES string of the molecule is CCOC(=O)CCC(NC(=O)[C@@H]1CSC(=O)N1)P(=O)(O)CCc1ccccc1. The summed E-state index contributed by atoms with van der Waals surface area (Å²) in [5, 5.41) is 4.76. The Morgan fingerprint density at radius 3 is 2.71 bits per heavy atom. The summed E-state index contributed by atoms with van der Waals surface area (Å²) >= 11 is 0.984. The van der Waals surface area contributed by atoms with Gasteiger partial charge in [0.05, 0.1) is 6.61 Å². The van der Waals surface area contributed by atoms with Crippen LogP contribution in [-0.2, 0) is 25.3 Å². The average molecular weight is 428 g/mol. The van der Waals surface area contributed by atoms with Gasteiger partial charge in [-0.1, -0.05) is 42.1 Å². The third-order valence-corrected chi connectivity index (χ3v) is 7.38. The minimum Gasteiger partial charge on any atom is -0.466 e. The molecule has 0 saturated carbocycles. The quantitative estimate of drug-likeness (QED) is 0.385. The van der Waals surface area contributed by atoms with Crippen molar-refractivity contribution in [2.24, 2.45) is 0 Å². The second-order valence-corrected chi connectivity index (χ2v) is 9.95. The largest absolute Gasteiger partial charge is 0.466 e. The zero-order valence-electron chi connectivity index (χ0n) is 15.6. The number of hydrogen-bond donors (Lipinski definition) is 3. The van der Waals surface area contributed by atoms with Gasteiger partial charge < -0.3 is 20.3 Å². The number of hydrogen-bond acceptors (Lipinski definition) is 6. The van der Waals surface area contributed by atoms with E-state index < -0.39 is 31.1 Å². The number of thioether (sulfide) groups is 1. The minimum absolute atomic E-state index is 0.0129. The standard InChI is InChI=1S/C18H25N2O6PS/c1-2-26-16(21)9-8-15(20-17(22)14-12-28-18(23)19-14)27(24,25)11-10-13-6-4-3-5-7-13/h3-7,14-15H,2,8-12H2,1H3,(H,19,23)(H,20,22)(H,24,25)/t14-,15?/m0/s1. The molecule has 0 radical (unpaired) electrons. The molecule has 2 amide bonds. The molecule has 2 rings (SSSR count). The van der Waals surface area contributed by atoms with E-state index in [0.717, 1.165) is 17.3 Å². The van der Waals surface area contributed by atoms with Crippen LogP contribution < -0.4 is 10.6 Å². The van der Waals surface area contributed by atoms with Crippen LogP contribution in [0.25, 0.3) is 0 Å². The number of aryl methyl sites for hydroxylation is 1. The van der Waals surface area contributed by atoms with Crippen LogP contribution in [0, 0.1) is 0 Å². The highest BCUT2D eigenvalue weighted by Crippen LogP contribution is 2.47. The van der Waals surface area contributed by atoms with Crippen molar-refractivity contribution in [1.29, 1.82) is 0 Å². The van der Waals surface area contributed by atoms with Crippen molar-refractivity contribution in [3.8, 4) is 0 Å². The van der Waals surface area contributed by atoms with Crippen molar-refractivity contribution in [3.05, 3.63) is 35.9 Å². The maximum Gasteiger partial charge on any atom is 0.305 e. The Morgan fingerprint density at radius 2 is 2.11 bits per heavy atom. The zero-order chi connectivity index (χ0) is 20.6. The molecule has 28 heavy (non-hydrogen) atoms. The van der Waals surface area contributed by atoms with Crippen molar-refractivity contribution in [2.45, 2.75) is 38.0 Å². The third kappa shape index (κ3) is 6.96. The summed E-state index contributed by atoms with van der Waals surface area (Å²) in [6, 6.07) is 8.51. The molecule has 0 bridgehead atoms. The van der Waals surface area contributed by atoms with Crippen LogP contribution in [-0.4, -0.2) is 52.4 Å². The van der Waals surface area contributed by atoms with E-state index in [9.17, 15) is 23.8 Å². The second kappa shape index (κ2) is 10.6. The second-order valence-electron chi connectivity index (χ2n) is 6.38. The van der Waals surface area contributed by atoms with Gasteiger partial charge in [-0.05, 0) is 25.3 Å². The van der Waals surface area contributed by atoms with E-state index in [0.29, 0.717) is 6.42 Å². The van der Waals surface area contributed by atoms with Gasteiger partial charge in [0.2, 0.25) is 13.3 Å². The molecule has 1 heterocycles. The van der Waals surface area contributed by atoms with Gasteiger partial charge in [-0.25, -0.2) is 0 Å². The van der Waals surface area contributed by atoms with Crippen molar-refractivity contribution in [3.63, 3.8) is 0 Å². The Kier molecular flexibility index (Phi) is 8.54. The molecule has 2 unspecified atom stereocenters. The molecule has 1 aliphatic rings. The van der Waals surface area contributed by atoms with Crippen LogP contribution in [0.15, 0.2) is 30.3 Å². The number of carbonyl (C=O) groups excluding carboxylic acids is 3. The number of rotatable bonds is 10. The zero-order valence-corrected chi connectivity index (χ0v) is 17.3. The van der Waals surface area contributed by atoms with Crippen LogP contribution in [0.4, 0.5) is 4.79 Å². The van der Waals surface area contributed by atoms with Crippen molar-refractivity contribution in [2.75, 3.05) is 18.5 Å². The molecule has 1 aromatic carbocycles. The number of carbonyl (C=O) groups is 3. The van der Waals surface area contributed by atoms with Gasteiger partial charge >= 0.3 is 5.97 Å². The van der Waals surface area contributed by atoms with Gasteiger partial charge in [-0.2, -0.15) is 0 Å². The predicted octanol–water partition coefficient (Wildman–Crippen LogP) is 2.11. The Balaban J connectivity index is 2.04. The average Bonchev–Trinajstić information content (AvgIpc) is 3.11. The number of esters is 1. The summed E-state index contributed by atoms with van der Waals surface area (Å²) in [7, 11) is -3.81. The van der Waals surface area contributed by atoms with Crippen LogP contribution >= 0.6 is 19.1 Å². The van der Waals surface area contributed by atoms with E-state index in [4.69, 9.17) is 4.74 Å². The van der Waals surface area contributed by atoms with E-state index >= 15 is 0 Å². The molecule has 1 aliphatic heterocycles. The Labute approximate surface area is 168 Å². The minimum atomic E-state index is -3.81. The van der Waals surface area contributed by atoms with Gasteiger partial charge in [0.15, 0.2) is 0 Å². The maximum atomic E-state index is 13.0. The molecule has 0 aromatic heterocycles. The summed E-state index contributed by atoms with van der Waals surface area (Å²) in [5.41, 5.74) is 0.909. The number of ether oxygens (including phenoxy) is 1. The summed E-state index contributed by atoms with van der Waals surface area (Å²) < 4.78 is 17.8. The fraction of sp³-hybridized carbons (Fsp3) is 0.500. The van der Waals surface area contributed by atoms with Gasteiger partial charge in [0.25, 0.3) is 5.24 Å². The lowest BCUT2D eigenvalue weighted by molar-refractivity contribution is -0.143. The van der Waals surface area contributed by atoms with Crippen molar-refractivity contribution < 1.29 is 28.6 Å². The molecule has 3 atom stereocenters. The normalized spacial score (nSPS) is 19.4. The fourth-order valence-corrected chi connectivity index (χ4v) is 5.27. The van der Waals surface area contributed by atoms with Gasteiger partial charge in [0, 0.05) is 18.3 Å². The van der Waals surface area contributed by atoms with Crippen LogP contribution in [0.3, 0.4) is 0 Å². The Morgan fingerprint density at radius 1 is 1.39 bits per heavy atom. The molecule has 0 spiro atoms. The van der Waals surface area contributed by atoms with Crippen LogP contribution in [0.1, 0.15) is 25.3 Å². The first-order chi connectivity index (χ1) is 13.3. The number of nitrogens with one attached hydrogen (secondary N) is 2. The first kappa shape index (κ1) is 22.5. The van der Waals surface area contributed by atoms with Gasteiger partial charge in [0.1, 0.15) is 11.8 Å². The van der Waals surface area contributed by atoms with Crippen molar-refractivity contribution >= 4 is 36.2 Å². The van der Waals surface area contributed by atoms with Crippen LogP contribution in [0.2, 0.25) is 0 Å². The van der Waals surface area contributed by atoms with Gasteiger partial charge in [-0.15, -0.1) is 0 Å². The van der Waals surface area contributed by atoms with E-state index in [1.807, 2.05) is 30.3 Å². The first-order valence-corrected chi connectivity index (χ1v) is 12.0. The summed E-state index contributed by atoms with van der Waals surface area (Å²) in [4.78, 5) is 46.0. The maximum absolute atomic E-state index is 13.0. The summed E-state index contributed by atoms with van der Waals surface area (Å²) in [6.07, 6.45) is 0.244. The molecular weight excluding hydrogens is 403 g/mol. The van der Waals surface area contributed by atoms with E-state index in [2.05, 4.69) is 10.6 Å². The molecule has 8 nitrogen and oxygen atoms in total. The lowest BCUT2D eigenvalue weighted by Gasteiger charge is -2.25. The molecule has 1 fully saturated rings. The molecule has 1 saturated heterocycles. The number of amides is 2. The lowest BCUT2D eigenvalue weighted by Crippen LogP contribution is -2.47. The fourth-order valence-electron chi connectivity index (χ4n) is 2.74. The molecule has 3 N–H and O–H groups in total. The molecule has 10 heteroatoms. The summed E-state index contributed by atoms with van der Waals surface area (Å²) in [5.74, 6) is -1.85. The first-order valence-electron chi connectivity index (χ1n) is 9.06. The third-order valence-electron chi connectivity index (χ3n) is 4.28. The predicted molar refractivity (Wildman–Crippen MR) is 107 cm³/mol. The molecule has 154 valence electrons. The molecular formula is C18H25N2O6PS.